The Kier molecular flexibility index (Phi) is 8.62. The number of carbonyl (C=O) groups is 2. The predicted octanol–water partition coefficient (Wildman–Crippen LogP) is 7.57. The van der Waals surface area contributed by atoms with E-state index >= 15 is 0 Å². The van der Waals surface area contributed by atoms with E-state index < -0.39 is 5.92 Å². The molecule has 3 fully saturated rings. The van der Waals surface area contributed by atoms with Crippen molar-refractivity contribution in [1.29, 1.82) is 0 Å². The van der Waals surface area contributed by atoms with E-state index in [1.165, 1.54) is 49.4 Å². The van der Waals surface area contributed by atoms with Crippen LogP contribution in [0.15, 0.2) is 78.9 Å². The molecule has 0 aromatic heterocycles. The van der Waals surface area contributed by atoms with Crippen LogP contribution in [0.4, 0.5) is 14.5 Å². The van der Waals surface area contributed by atoms with E-state index in [0.29, 0.717) is 36.1 Å². The Balaban J connectivity index is 0.897. The van der Waals surface area contributed by atoms with Crippen LogP contribution in [0, 0.1) is 17.8 Å². The maximum Gasteiger partial charge on any atom is 0.270 e. The number of piperidine rings is 1. The van der Waals surface area contributed by atoms with Gasteiger partial charge in [0.05, 0.1) is 0 Å². The van der Waals surface area contributed by atoms with E-state index in [9.17, 15) is 18.4 Å². The fourth-order valence-corrected chi connectivity index (χ4v) is 7.18. The van der Waals surface area contributed by atoms with Gasteiger partial charge in [0.2, 0.25) is 5.91 Å². The Labute approximate surface area is 252 Å². The minimum atomic E-state index is -2.97. The number of Topliss-reactive ketones (excluding diaryl/α,β-unsaturated/α-hetero) is 1. The van der Waals surface area contributed by atoms with Gasteiger partial charge in [0.1, 0.15) is 18.1 Å². The summed E-state index contributed by atoms with van der Waals surface area (Å²) in [7, 11) is 0. The van der Waals surface area contributed by atoms with Crippen molar-refractivity contribution in [3.05, 3.63) is 95.6 Å². The third-order valence-electron chi connectivity index (χ3n) is 9.66. The van der Waals surface area contributed by atoms with Crippen molar-refractivity contribution in [2.24, 2.45) is 17.8 Å². The number of benzene rings is 3. The summed E-state index contributed by atoms with van der Waals surface area (Å²) in [5.41, 5.74) is 2.73. The number of ketones is 1. The molecule has 7 heteroatoms. The number of anilines is 1. The van der Waals surface area contributed by atoms with Crippen molar-refractivity contribution in [1.82, 2.24) is 4.90 Å². The molecule has 0 bridgehead atoms. The third kappa shape index (κ3) is 7.15. The maximum atomic E-state index is 13.6. The maximum absolute atomic E-state index is 13.6. The van der Waals surface area contributed by atoms with Gasteiger partial charge in [0, 0.05) is 56.1 Å². The largest absolute Gasteiger partial charge is 0.489 e. The minimum absolute atomic E-state index is 0.0742. The van der Waals surface area contributed by atoms with Crippen LogP contribution >= 0.6 is 0 Å². The van der Waals surface area contributed by atoms with Gasteiger partial charge in [-0.1, -0.05) is 54.6 Å². The number of rotatable bonds is 11. The summed E-state index contributed by atoms with van der Waals surface area (Å²) in [5, 5.41) is 2.66. The van der Waals surface area contributed by atoms with Crippen molar-refractivity contribution in [3.63, 3.8) is 0 Å². The quantitative estimate of drug-likeness (QED) is 0.252. The highest BCUT2D eigenvalue weighted by Crippen LogP contribution is 2.54. The number of alkyl halides is 2. The lowest BCUT2D eigenvalue weighted by atomic mass is 9.81. The van der Waals surface area contributed by atoms with Gasteiger partial charge in [-0.2, -0.15) is 0 Å². The monoisotopic (exact) mass is 586 g/mol. The average Bonchev–Trinajstić information content (AvgIpc) is 3.52. The summed E-state index contributed by atoms with van der Waals surface area (Å²) in [5.74, 6) is -0.736. The highest BCUT2D eigenvalue weighted by atomic mass is 19.3. The van der Waals surface area contributed by atoms with Gasteiger partial charge in [-0.05, 0) is 78.8 Å². The van der Waals surface area contributed by atoms with E-state index in [0.717, 1.165) is 31.3 Å². The zero-order chi connectivity index (χ0) is 30.0. The second-order valence-electron chi connectivity index (χ2n) is 12.6. The molecular formula is C36H40F2N2O3. The summed E-state index contributed by atoms with van der Waals surface area (Å²) >= 11 is 0. The van der Waals surface area contributed by atoms with Gasteiger partial charge in [-0.3, -0.25) is 14.5 Å². The molecule has 1 aliphatic heterocycles. The molecule has 3 aliphatic rings. The Morgan fingerprint density at radius 2 is 1.58 bits per heavy atom. The Morgan fingerprint density at radius 3 is 2.26 bits per heavy atom. The summed E-state index contributed by atoms with van der Waals surface area (Å²) in [6, 6.07) is 25.1. The highest BCUT2D eigenvalue weighted by Gasteiger charge is 2.59. The summed E-state index contributed by atoms with van der Waals surface area (Å²) < 4.78 is 33.1. The van der Waals surface area contributed by atoms with Crippen molar-refractivity contribution >= 4 is 17.4 Å². The second-order valence-corrected chi connectivity index (χ2v) is 12.6. The molecule has 5 nitrogen and oxygen atoms in total. The van der Waals surface area contributed by atoms with Crippen molar-refractivity contribution in [3.8, 4) is 5.75 Å². The number of hydrogen-bond acceptors (Lipinski definition) is 4. The molecule has 43 heavy (non-hydrogen) atoms. The molecule has 6 rings (SSSR count). The molecule has 3 aromatic carbocycles. The lowest BCUT2D eigenvalue weighted by Gasteiger charge is -2.36. The number of halogens is 2. The molecular weight excluding hydrogens is 546 g/mol. The zero-order valence-electron chi connectivity index (χ0n) is 24.7. The number of nitrogens with zero attached hydrogens (tertiary/aromatic N) is 1. The highest BCUT2D eigenvalue weighted by molar-refractivity contribution is 5.94. The second kappa shape index (κ2) is 12.6. The van der Waals surface area contributed by atoms with Crippen molar-refractivity contribution < 1.29 is 23.1 Å². The van der Waals surface area contributed by atoms with Gasteiger partial charge in [-0.15, -0.1) is 0 Å². The number of fused-ring (bicyclic) bond motifs is 1. The first kappa shape index (κ1) is 29.5. The first-order chi connectivity index (χ1) is 20.7. The van der Waals surface area contributed by atoms with E-state index in [-0.39, 0.29) is 36.0 Å². The van der Waals surface area contributed by atoms with Crippen LogP contribution in [0.3, 0.4) is 0 Å². The van der Waals surface area contributed by atoms with Gasteiger partial charge in [0.25, 0.3) is 5.92 Å². The average molecular weight is 587 g/mol. The number of likely N-dealkylation sites (tertiary alicyclic amines) is 1. The summed E-state index contributed by atoms with van der Waals surface area (Å²) in [6.07, 6.45) is 5.00. The summed E-state index contributed by atoms with van der Waals surface area (Å²) in [6.45, 7) is 3.36. The first-order valence-corrected chi connectivity index (χ1v) is 15.6. The fourth-order valence-electron chi connectivity index (χ4n) is 7.18. The molecule has 3 aromatic rings. The molecule has 1 heterocycles. The van der Waals surface area contributed by atoms with E-state index in [1.54, 1.807) is 6.07 Å². The van der Waals surface area contributed by atoms with Crippen LogP contribution in [0.1, 0.15) is 68.1 Å². The molecule has 3 atom stereocenters. The Bertz CT molecular complexity index is 1400. The van der Waals surface area contributed by atoms with Crippen LogP contribution < -0.4 is 10.1 Å². The molecule has 2 saturated carbocycles. The first-order valence-electron chi connectivity index (χ1n) is 15.6. The van der Waals surface area contributed by atoms with Crippen molar-refractivity contribution in [2.45, 2.75) is 69.9 Å². The molecule has 0 radical (unpaired) electrons. The SMILES string of the molecule is CC(F)(F)c1cccc(NC(=O)CCC(=O)C2[C@H]3CN(C4CCC(c5ccc(OCc6ccccc6)cc5)CC4)C[C@@H]23)c1. The Hall–Kier alpha value is -3.58. The zero-order valence-corrected chi connectivity index (χ0v) is 24.7. The van der Waals surface area contributed by atoms with Crippen LogP contribution in [0.5, 0.6) is 5.75 Å². The molecule has 226 valence electrons. The molecule has 1 amide bonds. The number of ether oxygens (including phenoxy) is 1. The normalized spacial score (nSPS) is 25.1. The van der Waals surface area contributed by atoms with Gasteiger partial charge >= 0.3 is 0 Å². The van der Waals surface area contributed by atoms with Gasteiger partial charge in [0.15, 0.2) is 0 Å². The third-order valence-corrected chi connectivity index (χ3v) is 9.66. The number of nitrogens with one attached hydrogen (secondary N) is 1. The van der Waals surface area contributed by atoms with Gasteiger partial charge < -0.3 is 10.1 Å². The smallest absolute Gasteiger partial charge is 0.270 e. The number of amides is 1. The van der Waals surface area contributed by atoms with Gasteiger partial charge in [-0.25, -0.2) is 8.78 Å². The molecule has 0 spiro atoms. The van der Waals surface area contributed by atoms with Crippen LogP contribution in [0.25, 0.3) is 0 Å². The van der Waals surface area contributed by atoms with E-state index in [1.807, 2.05) is 18.2 Å². The van der Waals surface area contributed by atoms with E-state index in [4.69, 9.17) is 4.74 Å². The Morgan fingerprint density at radius 1 is 0.884 bits per heavy atom. The molecule has 2 aliphatic carbocycles. The van der Waals surface area contributed by atoms with Crippen LogP contribution in [-0.4, -0.2) is 35.7 Å². The van der Waals surface area contributed by atoms with E-state index in [2.05, 4.69) is 46.6 Å². The number of carbonyl (C=O) groups excluding carboxylic acids is 2. The van der Waals surface area contributed by atoms with Crippen LogP contribution in [-0.2, 0) is 22.1 Å². The molecule has 1 saturated heterocycles. The summed E-state index contributed by atoms with van der Waals surface area (Å²) in [4.78, 5) is 27.9. The van der Waals surface area contributed by atoms with Crippen molar-refractivity contribution in [2.75, 3.05) is 18.4 Å². The predicted molar refractivity (Wildman–Crippen MR) is 163 cm³/mol. The minimum Gasteiger partial charge on any atom is -0.489 e. The lowest BCUT2D eigenvalue weighted by Crippen LogP contribution is -2.38. The number of hydrogen-bond donors (Lipinski definition) is 1. The molecule has 1 N–H and O–H groups in total. The topological polar surface area (TPSA) is 58.6 Å². The van der Waals surface area contributed by atoms with Crippen LogP contribution in [0.2, 0.25) is 0 Å². The molecule has 1 unspecified atom stereocenters. The lowest BCUT2D eigenvalue weighted by molar-refractivity contribution is -0.124. The standard InChI is InChI=1S/C36H40F2N2O3/c1-36(37,38)27-8-5-9-28(20-27)39-34(42)19-18-33(41)35-31-21-40(22-32(31)35)29-14-10-25(11-15-29)26-12-16-30(17-13-26)43-23-24-6-3-2-4-7-24/h2-9,12-13,16-17,20,25,29,31-32,35H,10-11,14-15,18-19,21-23H2,1H3,(H,39,42)/t25?,29?,31-,32+,35?. The fraction of sp³-hybridized carbons (Fsp3) is 0.444.